The Hall–Kier alpha value is -0.900. The minimum Gasteiger partial charge on any atom is -0.424 e. The van der Waals surface area contributed by atoms with E-state index in [1.165, 1.54) is 32.1 Å². The summed E-state index contributed by atoms with van der Waals surface area (Å²) in [7, 11) is 0. The van der Waals surface area contributed by atoms with Crippen LogP contribution in [-0.2, 0) is 13.0 Å². The van der Waals surface area contributed by atoms with Crippen molar-refractivity contribution >= 4 is 0 Å². The predicted molar refractivity (Wildman–Crippen MR) is 71.2 cm³/mol. The minimum atomic E-state index is 0.0818. The van der Waals surface area contributed by atoms with Crippen LogP contribution in [0.3, 0.4) is 0 Å². The molecule has 1 saturated carbocycles. The van der Waals surface area contributed by atoms with Crippen LogP contribution < -0.4 is 5.32 Å². The number of hydrogen-bond acceptors (Lipinski definition) is 4. The van der Waals surface area contributed by atoms with Gasteiger partial charge in [-0.3, -0.25) is 0 Å². The zero-order chi connectivity index (χ0) is 13.0. The van der Waals surface area contributed by atoms with Crippen molar-refractivity contribution < 1.29 is 4.42 Å². The molecule has 1 heterocycles. The van der Waals surface area contributed by atoms with Crippen molar-refractivity contribution in [3.63, 3.8) is 0 Å². The molecule has 1 aromatic rings. The largest absolute Gasteiger partial charge is 0.424 e. The van der Waals surface area contributed by atoms with Crippen molar-refractivity contribution in [2.24, 2.45) is 5.92 Å². The molecule has 1 aliphatic carbocycles. The average Bonchev–Trinajstić information content (AvgIpc) is 2.94. The Kier molecular flexibility index (Phi) is 4.38. The lowest BCUT2D eigenvalue weighted by Gasteiger charge is -2.18. The highest BCUT2D eigenvalue weighted by Gasteiger charge is 2.17. The van der Waals surface area contributed by atoms with Gasteiger partial charge in [0, 0.05) is 12.0 Å². The van der Waals surface area contributed by atoms with E-state index in [4.69, 9.17) is 4.42 Å². The maximum absolute atomic E-state index is 5.65. The molecule has 1 aliphatic rings. The first kappa shape index (κ1) is 13.5. The van der Waals surface area contributed by atoms with Gasteiger partial charge < -0.3 is 9.73 Å². The molecule has 0 unspecified atom stereocenters. The number of aryl methyl sites for hydroxylation is 1. The van der Waals surface area contributed by atoms with Crippen LogP contribution in [0.25, 0.3) is 0 Å². The molecular weight excluding hydrogens is 226 g/mol. The van der Waals surface area contributed by atoms with E-state index in [2.05, 4.69) is 36.3 Å². The summed E-state index contributed by atoms with van der Waals surface area (Å²) in [6.07, 6.45) is 7.70. The third-order valence-corrected chi connectivity index (χ3v) is 3.52. The summed E-state index contributed by atoms with van der Waals surface area (Å²) >= 11 is 0. The quantitative estimate of drug-likeness (QED) is 0.873. The monoisotopic (exact) mass is 251 g/mol. The van der Waals surface area contributed by atoms with E-state index < -0.39 is 0 Å². The van der Waals surface area contributed by atoms with Gasteiger partial charge in [0.15, 0.2) is 0 Å². The van der Waals surface area contributed by atoms with Gasteiger partial charge in [0.1, 0.15) is 0 Å². The van der Waals surface area contributed by atoms with E-state index in [0.29, 0.717) is 12.4 Å². The average molecular weight is 251 g/mol. The van der Waals surface area contributed by atoms with Crippen molar-refractivity contribution in [2.45, 2.75) is 71.4 Å². The Bertz CT molecular complexity index is 361. The highest BCUT2D eigenvalue weighted by molar-refractivity contribution is 4.85. The molecule has 4 nitrogen and oxygen atoms in total. The van der Waals surface area contributed by atoms with Crippen LogP contribution in [0.4, 0.5) is 0 Å². The van der Waals surface area contributed by atoms with Crippen molar-refractivity contribution in [1.82, 2.24) is 15.5 Å². The van der Waals surface area contributed by atoms with E-state index in [-0.39, 0.29) is 5.54 Å². The number of aromatic nitrogens is 2. The first-order valence-corrected chi connectivity index (χ1v) is 7.09. The molecule has 1 N–H and O–H groups in total. The van der Waals surface area contributed by atoms with Gasteiger partial charge in [-0.05, 0) is 33.1 Å². The summed E-state index contributed by atoms with van der Waals surface area (Å²) in [5.74, 6) is 2.38. The van der Waals surface area contributed by atoms with Gasteiger partial charge in [-0.15, -0.1) is 10.2 Å². The summed E-state index contributed by atoms with van der Waals surface area (Å²) in [5, 5.41) is 11.6. The van der Waals surface area contributed by atoms with Crippen LogP contribution in [0, 0.1) is 5.92 Å². The smallest absolute Gasteiger partial charge is 0.230 e. The molecule has 0 aromatic carbocycles. The van der Waals surface area contributed by atoms with Crippen molar-refractivity contribution in [3.8, 4) is 0 Å². The van der Waals surface area contributed by atoms with Crippen molar-refractivity contribution in [3.05, 3.63) is 11.8 Å². The fourth-order valence-corrected chi connectivity index (χ4v) is 2.43. The lowest BCUT2D eigenvalue weighted by Crippen LogP contribution is -2.35. The molecule has 0 radical (unpaired) electrons. The Labute approximate surface area is 110 Å². The van der Waals surface area contributed by atoms with E-state index in [1.54, 1.807) is 0 Å². The van der Waals surface area contributed by atoms with Crippen LogP contribution in [0.5, 0.6) is 0 Å². The SMILES string of the molecule is CC(C)(C)NCc1nnc(CCC2CCCC2)o1. The number of hydrogen-bond donors (Lipinski definition) is 1. The van der Waals surface area contributed by atoms with Gasteiger partial charge in [0.2, 0.25) is 11.8 Å². The Morgan fingerprint density at radius 3 is 2.50 bits per heavy atom. The standard InChI is InChI=1S/C14H25N3O/c1-14(2,3)15-10-13-17-16-12(18-13)9-8-11-6-4-5-7-11/h11,15H,4-10H2,1-3H3. The number of nitrogens with zero attached hydrogens (tertiary/aromatic N) is 2. The fraction of sp³-hybridized carbons (Fsp3) is 0.857. The molecular formula is C14H25N3O. The Morgan fingerprint density at radius 1 is 1.17 bits per heavy atom. The second-order valence-electron chi connectivity index (χ2n) is 6.38. The van der Waals surface area contributed by atoms with Gasteiger partial charge in [-0.25, -0.2) is 0 Å². The maximum atomic E-state index is 5.65. The fourth-order valence-electron chi connectivity index (χ4n) is 2.43. The molecule has 102 valence electrons. The minimum absolute atomic E-state index is 0.0818. The lowest BCUT2D eigenvalue weighted by atomic mass is 10.0. The second-order valence-corrected chi connectivity index (χ2v) is 6.38. The topological polar surface area (TPSA) is 51.0 Å². The molecule has 0 aliphatic heterocycles. The molecule has 0 spiro atoms. The zero-order valence-corrected chi connectivity index (χ0v) is 11.8. The van der Waals surface area contributed by atoms with E-state index in [0.717, 1.165) is 18.2 Å². The van der Waals surface area contributed by atoms with Crippen LogP contribution in [0.1, 0.15) is 64.7 Å². The number of nitrogens with one attached hydrogen (secondary N) is 1. The van der Waals surface area contributed by atoms with Crippen LogP contribution in [0.2, 0.25) is 0 Å². The van der Waals surface area contributed by atoms with Gasteiger partial charge in [0.05, 0.1) is 6.54 Å². The normalized spacial score (nSPS) is 17.5. The molecule has 18 heavy (non-hydrogen) atoms. The maximum Gasteiger partial charge on any atom is 0.230 e. The molecule has 1 fully saturated rings. The van der Waals surface area contributed by atoms with E-state index in [1.807, 2.05) is 0 Å². The summed E-state index contributed by atoms with van der Waals surface area (Å²) in [5.41, 5.74) is 0.0818. The molecule has 0 amide bonds. The third-order valence-electron chi connectivity index (χ3n) is 3.52. The first-order chi connectivity index (χ1) is 8.53. The number of rotatable bonds is 5. The first-order valence-electron chi connectivity index (χ1n) is 7.09. The van der Waals surface area contributed by atoms with E-state index in [9.17, 15) is 0 Å². The van der Waals surface area contributed by atoms with Crippen molar-refractivity contribution in [1.29, 1.82) is 0 Å². The Morgan fingerprint density at radius 2 is 1.83 bits per heavy atom. The molecule has 0 saturated heterocycles. The second kappa shape index (κ2) is 5.83. The molecule has 4 heteroatoms. The Balaban J connectivity index is 1.75. The summed E-state index contributed by atoms with van der Waals surface area (Å²) in [6.45, 7) is 7.04. The van der Waals surface area contributed by atoms with Crippen molar-refractivity contribution in [2.75, 3.05) is 0 Å². The highest BCUT2D eigenvalue weighted by Crippen LogP contribution is 2.28. The van der Waals surface area contributed by atoms with E-state index >= 15 is 0 Å². The van der Waals surface area contributed by atoms with Crippen LogP contribution in [-0.4, -0.2) is 15.7 Å². The molecule has 0 atom stereocenters. The lowest BCUT2D eigenvalue weighted by molar-refractivity contribution is 0.364. The predicted octanol–water partition coefficient (Wildman–Crippen LogP) is 3.08. The van der Waals surface area contributed by atoms with Gasteiger partial charge in [0.25, 0.3) is 0 Å². The summed E-state index contributed by atoms with van der Waals surface area (Å²) < 4.78 is 5.65. The molecule has 2 rings (SSSR count). The van der Waals surface area contributed by atoms with Crippen LogP contribution >= 0.6 is 0 Å². The molecule has 0 bridgehead atoms. The van der Waals surface area contributed by atoms with Crippen LogP contribution in [0.15, 0.2) is 4.42 Å². The molecule has 1 aromatic heterocycles. The summed E-state index contributed by atoms with van der Waals surface area (Å²) in [6, 6.07) is 0. The zero-order valence-electron chi connectivity index (χ0n) is 11.8. The van der Waals surface area contributed by atoms with Gasteiger partial charge in [-0.1, -0.05) is 25.7 Å². The highest BCUT2D eigenvalue weighted by atomic mass is 16.4. The third kappa shape index (κ3) is 4.41. The van der Waals surface area contributed by atoms with Gasteiger partial charge in [-0.2, -0.15) is 0 Å². The van der Waals surface area contributed by atoms with Gasteiger partial charge >= 0.3 is 0 Å². The summed E-state index contributed by atoms with van der Waals surface area (Å²) in [4.78, 5) is 0.